The molecule has 0 aliphatic heterocycles. The molecule has 1 unspecified atom stereocenters. The van der Waals surface area contributed by atoms with Crippen LogP contribution in [0.5, 0.6) is 0 Å². The van der Waals surface area contributed by atoms with E-state index in [9.17, 15) is 4.79 Å². The molecule has 0 aromatic rings. The molecular weight excluding hydrogens is 274 g/mol. The molecule has 0 fully saturated rings. The predicted octanol–water partition coefficient (Wildman–Crippen LogP) is 6.00. The smallest absolute Gasteiger partial charge is 0.249 e. The van der Waals surface area contributed by atoms with Gasteiger partial charge < -0.3 is 0 Å². The van der Waals surface area contributed by atoms with Gasteiger partial charge in [-0.3, -0.25) is 10.0 Å². The molecule has 0 aromatic heterocycles. The molecule has 132 valence electrons. The van der Waals surface area contributed by atoms with Gasteiger partial charge in [0.05, 0.1) is 0 Å². The van der Waals surface area contributed by atoms with Gasteiger partial charge in [-0.2, -0.15) is 0 Å². The van der Waals surface area contributed by atoms with E-state index in [4.69, 9.17) is 5.21 Å². The number of unbranched alkanes of at least 4 members (excludes halogenated alkanes) is 11. The maximum absolute atomic E-state index is 11.6. The molecule has 0 spiro atoms. The van der Waals surface area contributed by atoms with Crippen molar-refractivity contribution in [2.24, 2.45) is 5.41 Å². The van der Waals surface area contributed by atoms with Gasteiger partial charge in [0.25, 0.3) is 0 Å². The van der Waals surface area contributed by atoms with Crippen molar-refractivity contribution in [3.63, 3.8) is 0 Å². The largest absolute Gasteiger partial charge is 0.289 e. The van der Waals surface area contributed by atoms with Crippen LogP contribution in [0.25, 0.3) is 0 Å². The third-order valence-corrected chi connectivity index (χ3v) is 5.01. The molecule has 0 aliphatic carbocycles. The highest BCUT2D eigenvalue weighted by Crippen LogP contribution is 2.28. The molecular formula is C19H39NO2. The van der Waals surface area contributed by atoms with E-state index < -0.39 is 5.41 Å². The highest BCUT2D eigenvalue weighted by Gasteiger charge is 2.30. The third-order valence-electron chi connectivity index (χ3n) is 5.01. The van der Waals surface area contributed by atoms with Crippen molar-refractivity contribution >= 4 is 5.91 Å². The lowest BCUT2D eigenvalue weighted by molar-refractivity contribution is -0.139. The Morgan fingerprint density at radius 1 is 0.818 bits per heavy atom. The zero-order chi connectivity index (χ0) is 16.7. The lowest BCUT2D eigenvalue weighted by Gasteiger charge is -2.25. The fourth-order valence-electron chi connectivity index (χ4n) is 2.94. The van der Waals surface area contributed by atoms with Gasteiger partial charge >= 0.3 is 0 Å². The Morgan fingerprint density at radius 3 is 1.59 bits per heavy atom. The van der Waals surface area contributed by atoms with Gasteiger partial charge in [0.1, 0.15) is 0 Å². The molecule has 0 rings (SSSR count). The summed E-state index contributed by atoms with van der Waals surface area (Å²) in [6.45, 7) is 6.21. The molecule has 0 saturated carbocycles. The zero-order valence-corrected chi connectivity index (χ0v) is 15.3. The molecule has 2 N–H and O–H groups in total. The molecule has 0 bridgehead atoms. The normalized spacial score (nSPS) is 13.8. The van der Waals surface area contributed by atoms with Gasteiger partial charge in [0, 0.05) is 5.41 Å². The van der Waals surface area contributed by atoms with E-state index in [0.717, 1.165) is 19.3 Å². The number of hydroxylamine groups is 1. The lowest BCUT2D eigenvalue weighted by atomic mass is 9.81. The Kier molecular flexibility index (Phi) is 13.7. The average Bonchev–Trinajstić information content (AvgIpc) is 2.54. The number of carbonyl (C=O) groups excluding carboxylic acids is 1. The Morgan fingerprint density at radius 2 is 1.23 bits per heavy atom. The summed E-state index contributed by atoms with van der Waals surface area (Å²) in [4.78, 5) is 11.6. The molecule has 0 aromatic carbocycles. The summed E-state index contributed by atoms with van der Waals surface area (Å²) < 4.78 is 0. The summed E-state index contributed by atoms with van der Waals surface area (Å²) >= 11 is 0. The number of nitrogens with one attached hydrogen (secondary N) is 1. The second kappa shape index (κ2) is 14.0. The highest BCUT2D eigenvalue weighted by molar-refractivity contribution is 5.80. The molecule has 0 aliphatic rings. The zero-order valence-electron chi connectivity index (χ0n) is 15.3. The summed E-state index contributed by atoms with van der Waals surface area (Å²) in [7, 11) is 0. The quantitative estimate of drug-likeness (QED) is 0.221. The van der Waals surface area contributed by atoms with Crippen LogP contribution in [0.15, 0.2) is 0 Å². The Labute approximate surface area is 138 Å². The topological polar surface area (TPSA) is 49.3 Å². The van der Waals surface area contributed by atoms with Gasteiger partial charge in [0.15, 0.2) is 0 Å². The fourth-order valence-corrected chi connectivity index (χ4v) is 2.94. The van der Waals surface area contributed by atoms with E-state index >= 15 is 0 Å². The van der Waals surface area contributed by atoms with E-state index in [1.165, 1.54) is 70.6 Å². The van der Waals surface area contributed by atoms with Crippen molar-refractivity contribution in [2.45, 2.75) is 111 Å². The minimum absolute atomic E-state index is 0.238. The molecule has 1 amide bonds. The van der Waals surface area contributed by atoms with Gasteiger partial charge in [-0.05, 0) is 12.8 Å². The third kappa shape index (κ3) is 10.2. The number of carbonyl (C=O) groups is 1. The number of rotatable bonds is 15. The number of hydrogen-bond acceptors (Lipinski definition) is 2. The van der Waals surface area contributed by atoms with E-state index in [2.05, 4.69) is 6.92 Å². The second-order valence-electron chi connectivity index (χ2n) is 6.99. The van der Waals surface area contributed by atoms with E-state index in [1.807, 2.05) is 19.3 Å². The van der Waals surface area contributed by atoms with Crippen LogP contribution in [-0.2, 0) is 4.79 Å². The summed E-state index contributed by atoms with van der Waals surface area (Å²) in [6.07, 6.45) is 17.6. The van der Waals surface area contributed by atoms with Crippen LogP contribution in [0.3, 0.4) is 0 Å². The van der Waals surface area contributed by atoms with Gasteiger partial charge in [0.2, 0.25) is 5.91 Å². The highest BCUT2D eigenvalue weighted by atomic mass is 16.5. The first-order valence-corrected chi connectivity index (χ1v) is 9.55. The van der Waals surface area contributed by atoms with Crippen LogP contribution < -0.4 is 5.48 Å². The summed E-state index contributed by atoms with van der Waals surface area (Å²) in [6, 6.07) is 0. The predicted molar refractivity (Wildman–Crippen MR) is 94.0 cm³/mol. The van der Waals surface area contributed by atoms with Crippen LogP contribution in [0.1, 0.15) is 111 Å². The van der Waals surface area contributed by atoms with Crippen molar-refractivity contribution in [3.8, 4) is 0 Å². The molecule has 0 saturated heterocycles. The molecule has 3 heteroatoms. The minimum atomic E-state index is -0.409. The van der Waals surface area contributed by atoms with Gasteiger partial charge in [-0.1, -0.05) is 97.8 Å². The van der Waals surface area contributed by atoms with Crippen LogP contribution in [0.2, 0.25) is 0 Å². The number of amides is 1. The second-order valence-corrected chi connectivity index (χ2v) is 6.99. The Bertz CT molecular complexity index is 268. The molecule has 22 heavy (non-hydrogen) atoms. The number of hydrogen-bond donors (Lipinski definition) is 2. The van der Waals surface area contributed by atoms with Crippen LogP contribution in [0, 0.1) is 5.41 Å². The standard InChI is InChI=1S/C19H39NO2/c1-4-6-7-8-9-10-11-12-13-14-15-16-17-19(3,5-2)18(21)20-22/h22H,4-17H2,1-3H3,(H,20,21). The van der Waals surface area contributed by atoms with E-state index in [1.54, 1.807) is 0 Å². The summed E-state index contributed by atoms with van der Waals surface area (Å²) in [5.41, 5.74) is 1.40. The van der Waals surface area contributed by atoms with E-state index in [0.29, 0.717) is 0 Å². The SMILES string of the molecule is CCCCCCCCCCCCCCC(C)(CC)C(=O)NO. The maximum Gasteiger partial charge on any atom is 0.249 e. The molecule has 3 nitrogen and oxygen atoms in total. The first-order chi connectivity index (χ1) is 10.6. The van der Waals surface area contributed by atoms with Crippen LogP contribution in [0.4, 0.5) is 0 Å². The lowest BCUT2D eigenvalue weighted by Crippen LogP contribution is -2.36. The molecule has 0 heterocycles. The maximum atomic E-state index is 11.6. The van der Waals surface area contributed by atoms with Crippen molar-refractivity contribution < 1.29 is 10.0 Å². The Balaban J connectivity index is 3.41. The first-order valence-electron chi connectivity index (χ1n) is 9.55. The molecule has 1 atom stereocenters. The van der Waals surface area contributed by atoms with Gasteiger partial charge in [-0.25, -0.2) is 5.48 Å². The van der Waals surface area contributed by atoms with Crippen molar-refractivity contribution in [2.75, 3.05) is 0 Å². The minimum Gasteiger partial charge on any atom is -0.289 e. The Hall–Kier alpha value is -0.570. The van der Waals surface area contributed by atoms with Crippen molar-refractivity contribution in [3.05, 3.63) is 0 Å². The average molecular weight is 314 g/mol. The van der Waals surface area contributed by atoms with Crippen molar-refractivity contribution in [1.29, 1.82) is 0 Å². The van der Waals surface area contributed by atoms with Crippen LogP contribution in [-0.4, -0.2) is 11.1 Å². The van der Waals surface area contributed by atoms with Crippen LogP contribution >= 0.6 is 0 Å². The summed E-state index contributed by atoms with van der Waals surface area (Å²) in [5.74, 6) is -0.238. The van der Waals surface area contributed by atoms with E-state index in [-0.39, 0.29) is 5.91 Å². The first kappa shape index (κ1) is 21.4. The van der Waals surface area contributed by atoms with Crippen molar-refractivity contribution in [1.82, 2.24) is 5.48 Å². The fraction of sp³-hybridized carbons (Fsp3) is 0.947. The summed E-state index contributed by atoms with van der Waals surface area (Å²) in [5, 5.41) is 8.79. The molecule has 0 radical (unpaired) electrons. The monoisotopic (exact) mass is 313 g/mol. The van der Waals surface area contributed by atoms with Gasteiger partial charge in [-0.15, -0.1) is 0 Å².